The average Bonchev–Trinajstić information content (AvgIpc) is 2.87. The molecule has 8 nitrogen and oxygen atoms in total. The van der Waals surface area contributed by atoms with Crippen molar-refractivity contribution in [1.82, 2.24) is 19.7 Å². The molecule has 100 valence electrons. The molecule has 0 atom stereocenters. The van der Waals surface area contributed by atoms with E-state index in [-0.39, 0.29) is 11.4 Å². The normalized spacial score (nSPS) is 10.4. The third-order valence-electron chi connectivity index (χ3n) is 2.53. The summed E-state index contributed by atoms with van der Waals surface area (Å²) in [6.45, 7) is 5.18. The number of hydrogen-bond donors (Lipinski definition) is 1. The first-order valence-corrected chi connectivity index (χ1v) is 5.93. The first kappa shape index (κ1) is 12.9. The van der Waals surface area contributed by atoms with Gasteiger partial charge in [0.1, 0.15) is 6.20 Å². The minimum absolute atomic E-state index is 0.127. The van der Waals surface area contributed by atoms with Gasteiger partial charge in [-0.15, -0.1) is 0 Å². The lowest BCUT2D eigenvalue weighted by atomic mass is 10.2. The average molecular weight is 262 g/mol. The predicted octanol–water partition coefficient (Wildman–Crippen LogP) is 1.70. The minimum Gasteiger partial charge on any atom is -0.354 e. The van der Waals surface area contributed by atoms with E-state index in [4.69, 9.17) is 0 Å². The summed E-state index contributed by atoms with van der Waals surface area (Å²) in [5.74, 6) is 0.368. The lowest BCUT2D eigenvalue weighted by Crippen LogP contribution is -2.04. The van der Waals surface area contributed by atoms with E-state index < -0.39 is 4.92 Å². The summed E-state index contributed by atoms with van der Waals surface area (Å²) in [7, 11) is 0. The molecule has 0 fully saturated rings. The van der Waals surface area contributed by atoms with Crippen LogP contribution in [-0.4, -0.2) is 31.2 Å². The van der Waals surface area contributed by atoms with Gasteiger partial charge in [0.15, 0.2) is 5.69 Å². The van der Waals surface area contributed by atoms with Crippen LogP contribution in [0.3, 0.4) is 0 Å². The van der Waals surface area contributed by atoms with Gasteiger partial charge in [0.25, 0.3) is 0 Å². The molecular formula is C11H14N6O2. The second-order valence-electron chi connectivity index (χ2n) is 3.80. The van der Waals surface area contributed by atoms with Gasteiger partial charge in [-0.3, -0.25) is 14.8 Å². The molecule has 0 aliphatic carbocycles. The van der Waals surface area contributed by atoms with Crippen LogP contribution in [0.4, 0.5) is 11.6 Å². The summed E-state index contributed by atoms with van der Waals surface area (Å²) in [6.07, 6.45) is 4.50. The van der Waals surface area contributed by atoms with Crippen LogP contribution in [0.1, 0.15) is 13.8 Å². The molecule has 0 spiro atoms. The number of hydrogen-bond acceptors (Lipinski definition) is 6. The van der Waals surface area contributed by atoms with Crippen LogP contribution >= 0.6 is 0 Å². The molecular weight excluding hydrogens is 248 g/mol. The van der Waals surface area contributed by atoms with E-state index in [2.05, 4.69) is 20.4 Å². The topological polar surface area (TPSA) is 98.8 Å². The Kier molecular flexibility index (Phi) is 3.69. The monoisotopic (exact) mass is 262 g/mol. The maximum atomic E-state index is 11.0. The third kappa shape index (κ3) is 2.67. The Labute approximate surface area is 109 Å². The highest BCUT2D eigenvalue weighted by atomic mass is 16.6. The van der Waals surface area contributed by atoms with Crippen LogP contribution in [0.15, 0.2) is 18.6 Å². The molecule has 0 saturated heterocycles. The summed E-state index contributed by atoms with van der Waals surface area (Å²) in [5, 5.41) is 18.1. The molecule has 2 rings (SSSR count). The van der Waals surface area contributed by atoms with E-state index >= 15 is 0 Å². The van der Waals surface area contributed by atoms with Crippen molar-refractivity contribution >= 4 is 11.6 Å². The van der Waals surface area contributed by atoms with Crippen molar-refractivity contribution < 1.29 is 4.92 Å². The zero-order valence-electron chi connectivity index (χ0n) is 10.7. The summed E-state index contributed by atoms with van der Waals surface area (Å²) in [4.78, 5) is 18.6. The molecule has 1 N–H and O–H groups in total. The molecule has 2 aromatic heterocycles. The third-order valence-corrected chi connectivity index (χ3v) is 2.53. The molecule has 8 heteroatoms. The maximum absolute atomic E-state index is 11.0. The van der Waals surface area contributed by atoms with Gasteiger partial charge in [-0.2, -0.15) is 5.10 Å². The van der Waals surface area contributed by atoms with Gasteiger partial charge in [0.05, 0.1) is 11.1 Å². The van der Waals surface area contributed by atoms with E-state index in [1.54, 1.807) is 17.1 Å². The molecule has 0 aliphatic heterocycles. The number of aryl methyl sites for hydroxylation is 1. The van der Waals surface area contributed by atoms with Gasteiger partial charge >= 0.3 is 5.69 Å². The Morgan fingerprint density at radius 1 is 1.42 bits per heavy atom. The lowest BCUT2D eigenvalue weighted by Gasteiger charge is -2.03. The highest BCUT2D eigenvalue weighted by Crippen LogP contribution is 2.27. The van der Waals surface area contributed by atoms with Crippen molar-refractivity contribution in [3.05, 3.63) is 28.7 Å². The molecule has 0 bridgehead atoms. The molecule has 0 amide bonds. The van der Waals surface area contributed by atoms with Crippen molar-refractivity contribution in [3.63, 3.8) is 0 Å². The number of rotatable bonds is 5. The second-order valence-corrected chi connectivity index (χ2v) is 3.80. The van der Waals surface area contributed by atoms with Gasteiger partial charge in [-0.05, 0) is 13.8 Å². The van der Waals surface area contributed by atoms with E-state index in [1.165, 1.54) is 6.20 Å². The quantitative estimate of drug-likeness (QED) is 0.650. The first-order valence-electron chi connectivity index (χ1n) is 5.93. The van der Waals surface area contributed by atoms with Gasteiger partial charge in [0, 0.05) is 24.8 Å². The highest BCUT2D eigenvalue weighted by molar-refractivity contribution is 5.68. The van der Waals surface area contributed by atoms with Crippen LogP contribution in [0.25, 0.3) is 11.3 Å². The van der Waals surface area contributed by atoms with Crippen molar-refractivity contribution in [3.8, 4) is 11.3 Å². The zero-order valence-corrected chi connectivity index (χ0v) is 10.7. The fraction of sp³-hybridized carbons (Fsp3) is 0.364. The molecule has 19 heavy (non-hydrogen) atoms. The van der Waals surface area contributed by atoms with Crippen molar-refractivity contribution in [2.24, 2.45) is 0 Å². The fourth-order valence-corrected chi connectivity index (χ4v) is 1.62. The van der Waals surface area contributed by atoms with Gasteiger partial charge < -0.3 is 5.32 Å². The zero-order chi connectivity index (χ0) is 13.8. The molecule has 0 unspecified atom stereocenters. The van der Waals surface area contributed by atoms with Crippen LogP contribution in [0.5, 0.6) is 0 Å². The molecule has 0 aliphatic rings. The maximum Gasteiger partial charge on any atom is 0.313 e. The SMILES string of the molecule is CCNc1ncc([N+](=O)[O-])c(-c2cnn(CC)c2)n1. The van der Waals surface area contributed by atoms with E-state index in [0.29, 0.717) is 24.6 Å². The van der Waals surface area contributed by atoms with Crippen molar-refractivity contribution in [1.29, 1.82) is 0 Å². The first-order chi connectivity index (χ1) is 9.15. The molecule has 0 radical (unpaired) electrons. The summed E-state index contributed by atoms with van der Waals surface area (Å²) in [5.41, 5.74) is 0.753. The Morgan fingerprint density at radius 2 is 2.21 bits per heavy atom. The largest absolute Gasteiger partial charge is 0.354 e. The highest BCUT2D eigenvalue weighted by Gasteiger charge is 2.20. The second kappa shape index (κ2) is 5.42. The van der Waals surface area contributed by atoms with Crippen molar-refractivity contribution in [2.45, 2.75) is 20.4 Å². The van der Waals surface area contributed by atoms with E-state index in [1.807, 2.05) is 13.8 Å². The lowest BCUT2D eigenvalue weighted by molar-refractivity contribution is -0.384. The summed E-state index contributed by atoms with van der Waals surface area (Å²) < 4.78 is 1.69. The number of nitrogens with zero attached hydrogens (tertiary/aromatic N) is 5. The Morgan fingerprint density at radius 3 is 2.79 bits per heavy atom. The Balaban J connectivity index is 2.50. The van der Waals surface area contributed by atoms with Gasteiger partial charge in [-0.25, -0.2) is 9.97 Å². The Hall–Kier alpha value is -2.51. The smallest absolute Gasteiger partial charge is 0.313 e. The van der Waals surface area contributed by atoms with Crippen LogP contribution in [0.2, 0.25) is 0 Å². The van der Waals surface area contributed by atoms with Gasteiger partial charge in [0.2, 0.25) is 5.95 Å². The van der Waals surface area contributed by atoms with Crippen molar-refractivity contribution in [2.75, 3.05) is 11.9 Å². The number of aromatic nitrogens is 4. The number of nitrogens with one attached hydrogen (secondary N) is 1. The fourth-order valence-electron chi connectivity index (χ4n) is 1.62. The standard InChI is InChI=1S/C11H14N6O2/c1-3-12-11-13-6-9(17(18)19)10(15-11)8-5-14-16(4-2)7-8/h5-7H,3-4H2,1-2H3,(H,12,13,15). The number of anilines is 1. The van der Waals surface area contributed by atoms with E-state index in [9.17, 15) is 10.1 Å². The molecule has 0 aromatic carbocycles. The van der Waals surface area contributed by atoms with Gasteiger partial charge in [-0.1, -0.05) is 0 Å². The molecule has 0 saturated carbocycles. The molecule has 2 aromatic rings. The Bertz CT molecular complexity index is 595. The van der Waals surface area contributed by atoms with Crippen LogP contribution in [-0.2, 0) is 6.54 Å². The summed E-state index contributed by atoms with van der Waals surface area (Å²) in [6, 6.07) is 0. The van der Waals surface area contributed by atoms with Crippen LogP contribution < -0.4 is 5.32 Å². The number of nitro groups is 1. The summed E-state index contributed by atoms with van der Waals surface area (Å²) >= 11 is 0. The predicted molar refractivity (Wildman–Crippen MR) is 69.7 cm³/mol. The molecule has 2 heterocycles. The minimum atomic E-state index is -0.492. The van der Waals surface area contributed by atoms with E-state index in [0.717, 1.165) is 0 Å². The van der Waals surface area contributed by atoms with Crippen LogP contribution in [0, 0.1) is 10.1 Å².